The second-order valence-corrected chi connectivity index (χ2v) is 5.36. The Balaban J connectivity index is 1.71. The van der Waals surface area contributed by atoms with Crippen LogP contribution >= 0.6 is 0 Å². The van der Waals surface area contributed by atoms with E-state index in [-0.39, 0.29) is 5.91 Å². The smallest absolute Gasteiger partial charge is 0.226 e. The number of carbonyl (C=O) groups excluding carboxylic acids is 1. The summed E-state index contributed by atoms with van der Waals surface area (Å²) >= 11 is 0. The molecule has 1 aromatic heterocycles. The summed E-state index contributed by atoms with van der Waals surface area (Å²) in [6.45, 7) is 7.03. The molecule has 1 aliphatic rings. The lowest BCUT2D eigenvalue weighted by atomic mass is 10.3. The molecule has 0 aliphatic heterocycles. The minimum atomic E-state index is 0.00481. The molecule has 1 aromatic rings. The molecule has 1 N–H and O–H groups in total. The van der Waals surface area contributed by atoms with Crippen LogP contribution in [0, 0.1) is 12.8 Å². The number of aryl methyl sites for hydroxylation is 1. The third-order valence-corrected chi connectivity index (χ3v) is 3.30. The van der Waals surface area contributed by atoms with Crippen molar-refractivity contribution < 1.29 is 9.32 Å². The predicted octanol–water partition coefficient (Wildman–Crippen LogP) is 2.43. The molecule has 1 saturated carbocycles. The van der Waals surface area contributed by atoms with Crippen LogP contribution < -0.4 is 5.32 Å². The molecule has 0 atom stereocenters. The summed E-state index contributed by atoms with van der Waals surface area (Å²) in [5, 5.41) is 6.52. The standard InChI is InChI=1S/C14H23N3O2/c1-3-7-17(10-12-4-5-12)8-6-14(18)15-13-9-11(2)19-16-13/h9,12H,3-8,10H2,1-2H3,(H,15,16,18). The summed E-state index contributed by atoms with van der Waals surface area (Å²) in [5.74, 6) is 2.08. The number of amides is 1. The Kier molecular flexibility index (Phi) is 4.96. The van der Waals surface area contributed by atoms with Crippen molar-refractivity contribution >= 4 is 11.7 Å². The van der Waals surface area contributed by atoms with Gasteiger partial charge in [0.25, 0.3) is 0 Å². The normalized spacial score (nSPS) is 14.9. The van der Waals surface area contributed by atoms with Crippen molar-refractivity contribution in [2.75, 3.05) is 25.0 Å². The first-order chi connectivity index (χ1) is 9.17. The Bertz CT molecular complexity index is 413. The van der Waals surface area contributed by atoms with Gasteiger partial charge in [0.2, 0.25) is 5.91 Å². The summed E-state index contributed by atoms with van der Waals surface area (Å²) in [7, 11) is 0. The van der Waals surface area contributed by atoms with E-state index in [2.05, 4.69) is 22.3 Å². The molecule has 0 bridgehead atoms. The van der Waals surface area contributed by atoms with E-state index in [0.29, 0.717) is 18.0 Å². The number of nitrogens with one attached hydrogen (secondary N) is 1. The van der Waals surface area contributed by atoms with Crippen molar-refractivity contribution in [2.45, 2.75) is 39.5 Å². The topological polar surface area (TPSA) is 58.4 Å². The van der Waals surface area contributed by atoms with Crippen LogP contribution in [0.5, 0.6) is 0 Å². The molecule has 19 heavy (non-hydrogen) atoms. The number of anilines is 1. The van der Waals surface area contributed by atoms with Crippen molar-refractivity contribution in [3.63, 3.8) is 0 Å². The monoisotopic (exact) mass is 265 g/mol. The van der Waals surface area contributed by atoms with Crippen molar-refractivity contribution in [1.82, 2.24) is 10.1 Å². The second-order valence-electron chi connectivity index (χ2n) is 5.36. The van der Waals surface area contributed by atoms with E-state index in [4.69, 9.17) is 4.52 Å². The fraction of sp³-hybridized carbons (Fsp3) is 0.714. The zero-order chi connectivity index (χ0) is 13.7. The molecule has 5 heteroatoms. The number of aromatic nitrogens is 1. The van der Waals surface area contributed by atoms with E-state index in [1.807, 2.05) is 0 Å². The Hall–Kier alpha value is -1.36. The number of carbonyl (C=O) groups is 1. The molecule has 1 heterocycles. The number of hydrogen-bond acceptors (Lipinski definition) is 4. The van der Waals surface area contributed by atoms with Crippen LogP contribution in [0.15, 0.2) is 10.6 Å². The van der Waals surface area contributed by atoms with Gasteiger partial charge in [-0.2, -0.15) is 0 Å². The van der Waals surface area contributed by atoms with Crippen LogP contribution in [0.1, 0.15) is 38.4 Å². The molecule has 1 amide bonds. The van der Waals surface area contributed by atoms with Gasteiger partial charge in [-0.3, -0.25) is 4.79 Å². The lowest BCUT2D eigenvalue weighted by Gasteiger charge is -2.20. The first-order valence-electron chi connectivity index (χ1n) is 7.13. The molecule has 0 saturated heterocycles. The Morgan fingerprint density at radius 1 is 1.53 bits per heavy atom. The van der Waals surface area contributed by atoms with Gasteiger partial charge in [0.05, 0.1) is 0 Å². The van der Waals surface area contributed by atoms with E-state index in [1.165, 1.54) is 12.8 Å². The number of hydrogen-bond donors (Lipinski definition) is 1. The average Bonchev–Trinajstić information content (AvgIpc) is 3.09. The van der Waals surface area contributed by atoms with Gasteiger partial charge in [-0.05, 0) is 38.6 Å². The molecular formula is C14H23N3O2. The van der Waals surface area contributed by atoms with Gasteiger partial charge in [0.15, 0.2) is 5.82 Å². The van der Waals surface area contributed by atoms with Crippen LogP contribution in [-0.2, 0) is 4.79 Å². The summed E-state index contributed by atoms with van der Waals surface area (Å²) in [6.07, 6.45) is 4.35. The van der Waals surface area contributed by atoms with Crippen molar-refractivity contribution in [3.05, 3.63) is 11.8 Å². The third-order valence-electron chi connectivity index (χ3n) is 3.30. The minimum Gasteiger partial charge on any atom is -0.360 e. The van der Waals surface area contributed by atoms with Crippen LogP contribution in [0.25, 0.3) is 0 Å². The molecule has 1 aliphatic carbocycles. The SMILES string of the molecule is CCCN(CCC(=O)Nc1cc(C)on1)CC1CC1. The van der Waals surface area contributed by atoms with Gasteiger partial charge < -0.3 is 14.7 Å². The molecule has 1 fully saturated rings. The van der Waals surface area contributed by atoms with Gasteiger partial charge in [-0.1, -0.05) is 12.1 Å². The summed E-state index contributed by atoms with van der Waals surface area (Å²) < 4.78 is 4.92. The largest absolute Gasteiger partial charge is 0.360 e. The third kappa shape index (κ3) is 5.03. The Labute approximate surface area is 114 Å². The van der Waals surface area contributed by atoms with Gasteiger partial charge in [-0.25, -0.2) is 0 Å². The minimum absolute atomic E-state index is 0.00481. The highest BCUT2D eigenvalue weighted by atomic mass is 16.5. The zero-order valence-electron chi connectivity index (χ0n) is 11.8. The van der Waals surface area contributed by atoms with E-state index >= 15 is 0 Å². The van der Waals surface area contributed by atoms with Crippen LogP contribution in [0.2, 0.25) is 0 Å². The first-order valence-corrected chi connectivity index (χ1v) is 7.13. The van der Waals surface area contributed by atoms with Gasteiger partial charge in [0.1, 0.15) is 5.76 Å². The maximum absolute atomic E-state index is 11.8. The highest BCUT2D eigenvalue weighted by Crippen LogP contribution is 2.29. The summed E-state index contributed by atoms with van der Waals surface area (Å²) in [5.41, 5.74) is 0. The first kappa shape index (κ1) is 14.1. The maximum atomic E-state index is 11.8. The van der Waals surface area contributed by atoms with E-state index in [0.717, 1.165) is 32.0 Å². The maximum Gasteiger partial charge on any atom is 0.226 e. The molecular weight excluding hydrogens is 242 g/mol. The van der Waals surface area contributed by atoms with E-state index in [9.17, 15) is 4.79 Å². The van der Waals surface area contributed by atoms with Gasteiger partial charge in [0, 0.05) is 25.6 Å². The van der Waals surface area contributed by atoms with E-state index in [1.54, 1.807) is 13.0 Å². The van der Waals surface area contributed by atoms with Crippen LogP contribution in [-0.4, -0.2) is 35.6 Å². The lowest BCUT2D eigenvalue weighted by Crippen LogP contribution is -2.30. The molecule has 5 nitrogen and oxygen atoms in total. The molecule has 106 valence electrons. The van der Waals surface area contributed by atoms with Crippen molar-refractivity contribution in [3.8, 4) is 0 Å². The fourth-order valence-corrected chi connectivity index (χ4v) is 2.17. The van der Waals surface area contributed by atoms with Gasteiger partial charge in [-0.15, -0.1) is 0 Å². The fourth-order valence-electron chi connectivity index (χ4n) is 2.17. The second kappa shape index (κ2) is 6.70. The van der Waals surface area contributed by atoms with Gasteiger partial charge >= 0.3 is 0 Å². The molecule has 0 radical (unpaired) electrons. The van der Waals surface area contributed by atoms with Crippen molar-refractivity contribution in [2.24, 2.45) is 5.92 Å². The van der Waals surface area contributed by atoms with E-state index < -0.39 is 0 Å². The van der Waals surface area contributed by atoms with Crippen LogP contribution in [0.3, 0.4) is 0 Å². The highest BCUT2D eigenvalue weighted by Gasteiger charge is 2.24. The Morgan fingerprint density at radius 3 is 2.89 bits per heavy atom. The number of rotatable bonds is 8. The Morgan fingerprint density at radius 2 is 2.32 bits per heavy atom. The molecule has 0 unspecified atom stereocenters. The lowest BCUT2D eigenvalue weighted by molar-refractivity contribution is -0.116. The van der Waals surface area contributed by atoms with Crippen molar-refractivity contribution in [1.29, 1.82) is 0 Å². The molecule has 0 spiro atoms. The zero-order valence-corrected chi connectivity index (χ0v) is 11.8. The predicted molar refractivity (Wildman–Crippen MR) is 73.9 cm³/mol. The summed E-state index contributed by atoms with van der Waals surface area (Å²) in [4.78, 5) is 14.2. The molecule has 2 rings (SSSR count). The quantitative estimate of drug-likeness (QED) is 0.784. The highest BCUT2D eigenvalue weighted by molar-refractivity contribution is 5.89. The van der Waals surface area contributed by atoms with Crippen LogP contribution in [0.4, 0.5) is 5.82 Å². The number of nitrogens with zero attached hydrogens (tertiary/aromatic N) is 2. The summed E-state index contributed by atoms with van der Waals surface area (Å²) in [6, 6.07) is 1.73. The molecule has 0 aromatic carbocycles. The average molecular weight is 265 g/mol.